The summed E-state index contributed by atoms with van der Waals surface area (Å²) in [5.41, 5.74) is 0.0465. The van der Waals surface area contributed by atoms with Gasteiger partial charge in [-0.2, -0.15) is 0 Å². The van der Waals surface area contributed by atoms with Crippen molar-refractivity contribution in [1.82, 2.24) is 5.32 Å². The van der Waals surface area contributed by atoms with E-state index in [9.17, 15) is 18.4 Å². The highest BCUT2D eigenvalue weighted by Crippen LogP contribution is 2.21. The third-order valence-corrected chi connectivity index (χ3v) is 2.73. The maximum absolute atomic E-state index is 11.8. The number of hydrogen-bond acceptors (Lipinski definition) is 3. The van der Waals surface area contributed by atoms with E-state index < -0.39 is 25.0 Å². The first-order valence-corrected chi connectivity index (χ1v) is 6.63. The van der Waals surface area contributed by atoms with Crippen molar-refractivity contribution in [2.45, 2.75) is 6.43 Å². The van der Waals surface area contributed by atoms with Crippen molar-refractivity contribution in [1.29, 1.82) is 0 Å². The van der Waals surface area contributed by atoms with Crippen LogP contribution in [0.3, 0.4) is 0 Å². The highest BCUT2D eigenvalue weighted by Gasteiger charge is 2.12. The van der Waals surface area contributed by atoms with Crippen LogP contribution in [0.25, 0.3) is 0 Å². The number of anilines is 1. The van der Waals surface area contributed by atoms with Crippen molar-refractivity contribution in [2.24, 2.45) is 0 Å². The first-order chi connectivity index (χ1) is 9.90. The van der Waals surface area contributed by atoms with Crippen LogP contribution in [-0.4, -0.2) is 43.3 Å². The monoisotopic (exact) mass is 366 g/mol. The van der Waals surface area contributed by atoms with Crippen LogP contribution in [0, 0.1) is 0 Å². The summed E-state index contributed by atoms with van der Waals surface area (Å²) in [6, 6.07) is 3.66. The molecule has 0 fully saturated rings. The quantitative estimate of drug-likeness (QED) is 0.647. The first kappa shape index (κ1) is 17.3. The average Bonchev–Trinajstić information content (AvgIpc) is 2.37. The molecule has 1 rings (SSSR count). The van der Waals surface area contributed by atoms with Gasteiger partial charge in [-0.3, -0.25) is 0 Å². The molecule has 9 heteroatoms. The first-order valence-electron chi connectivity index (χ1n) is 5.83. The fourth-order valence-corrected chi connectivity index (χ4v) is 1.74. The van der Waals surface area contributed by atoms with Crippen molar-refractivity contribution >= 4 is 33.6 Å². The summed E-state index contributed by atoms with van der Waals surface area (Å²) < 4.78 is 28.7. The van der Waals surface area contributed by atoms with E-state index in [1.807, 2.05) is 0 Å². The summed E-state index contributed by atoms with van der Waals surface area (Å²) in [6.45, 7) is -0.741. The number of carboxylic acids is 1. The zero-order chi connectivity index (χ0) is 15.8. The smallest absolute Gasteiger partial charge is 0.337 e. The maximum Gasteiger partial charge on any atom is 0.337 e. The molecule has 3 N–H and O–H groups in total. The third kappa shape index (κ3) is 6.50. The van der Waals surface area contributed by atoms with E-state index in [0.717, 1.165) is 0 Å². The Labute approximate surface area is 127 Å². The topological polar surface area (TPSA) is 87.7 Å². The molecule has 0 saturated heterocycles. The normalized spacial score (nSPS) is 10.5. The Morgan fingerprint density at radius 2 is 2.10 bits per heavy atom. The number of carboxylic acid groups (broad SMARTS) is 1. The second-order valence-corrected chi connectivity index (χ2v) is 4.76. The second-order valence-electron chi connectivity index (χ2n) is 3.84. The highest BCUT2D eigenvalue weighted by atomic mass is 79.9. The number of carbonyl (C=O) groups is 2. The number of ether oxygens (including phenoxy) is 1. The molecule has 6 nitrogen and oxygen atoms in total. The summed E-state index contributed by atoms with van der Waals surface area (Å²) in [5.74, 6) is -1.18. The van der Waals surface area contributed by atoms with Gasteiger partial charge in [-0.25, -0.2) is 18.4 Å². The van der Waals surface area contributed by atoms with E-state index in [1.54, 1.807) is 0 Å². The molecule has 0 atom stereocenters. The second kappa shape index (κ2) is 8.53. The van der Waals surface area contributed by atoms with Gasteiger partial charge < -0.3 is 20.5 Å². The molecular formula is C12H13BrF2N2O4. The minimum atomic E-state index is -2.56. The molecule has 0 radical (unpaired) electrons. The summed E-state index contributed by atoms with van der Waals surface area (Å²) >= 11 is 3.17. The Bertz CT molecular complexity index is 514. The number of hydrogen-bond donors (Lipinski definition) is 3. The lowest BCUT2D eigenvalue weighted by Crippen LogP contribution is -2.32. The van der Waals surface area contributed by atoms with E-state index >= 15 is 0 Å². The molecule has 0 heterocycles. The van der Waals surface area contributed by atoms with Gasteiger partial charge in [0.2, 0.25) is 0 Å². The van der Waals surface area contributed by atoms with Gasteiger partial charge in [0.25, 0.3) is 6.43 Å². The predicted octanol–water partition coefficient (Wildman–Crippen LogP) is 2.55. The van der Waals surface area contributed by atoms with Gasteiger partial charge in [0.15, 0.2) is 0 Å². The van der Waals surface area contributed by atoms with Gasteiger partial charge in [0.05, 0.1) is 17.9 Å². The van der Waals surface area contributed by atoms with Crippen molar-refractivity contribution < 1.29 is 28.2 Å². The lowest BCUT2D eigenvalue weighted by Gasteiger charge is -2.10. The van der Waals surface area contributed by atoms with Gasteiger partial charge >= 0.3 is 12.0 Å². The van der Waals surface area contributed by atoms with E-state index in [0.29, 0.717) is 4.47 Å². The Kier molecular flexibility index (Phi) is 7.03. The van der Waals surface area contributed by atoms with Crippen LogP contribution in [-0.2, 0) is 4.74 Å². The van der Waals surface area contributed by atoms with Gasteiger partial charge in [-0.05, 0) is 18.2 Å². The van der Waals surface area contributed by atoms with Gasteiger partial charge in [-0.1, -0.05) is 15.9 Å². The zero-order valence-electron chi connectivity index (χ0n) is 10.7. The number of nitrogens with one attached hydrogen (secondary N) is 2. The van der Waals surface area contributed by atoms with Crippen LogP contribution in [0.4, 0.5) is 19.3 Å². The predicted molar refractivity (Wildman–Crippen MR) is 74.9 cm³/mol. The molecule has 0 aromatic heterocycles. The van der Waals surface area contributed by atoms with Crippen LogP contribution < -0.4 is 10.6 Å². The molecular weight excluding hydrogens is 354 g/mol. The minimum absolute atomic E-state index is 0.0228. The van der Waals surface area contributed by atoms with E-state index in [2.05, 4.69) is 31.3 Å². The van der Waals surface area contributed by atoms with Crippen LogP contribution >= 0.6 is 15.9 Å². The van der Waals surface area contributed by atoms with Gasteiger partial charge in [0, 0.05) is 11.0 Å². The molecule has 1 aromatic rings. The molecule has 21 heavy (non-hydrogen) atoms. The van der Waals surface area contributed by atoms with Crippen molar-refractivity contribution in [3.05, 3.63) is 28.2 Å². The summed E-state index contributed by atoms with van der Waals surface area (Å²) in [7, 11) is 0. The molecule has 0 aliphatic heterocycles. The molecule has 116 valence electrons. The molecule has 1 aromatic carbocycles. The number of urea groups is 1. The van der Waals surface area contributed by atoms with Crippen LogP contribution in [0.15, 0.2) is 22.7 Å². The molecule has 0 aliphatic carbocycles. The third-order valence-electron chi connectivity index (χ3n) is 2.24. The number of carbonyl (C=O) groups excluding carboxylic acids is 1. The Morgan fingerprint density at radius 3 is 2.71 bits per heavy atom. The average molecular weight is 367 g/mol. The number of amides is 2. The Morgan fingerprint density at radius 1 is 1.38 bits per heavy atom. The summed E-state index contributed by atoms with van der Waals surface area (Å²) in [5, 5.41) is 13.7. The number of benzene rings is 1. The zero-order valence-corrected chi connectivity index (χ0v) is 12.3. The van der Waals surface area contributed by atoms with Crippen LogP contribution in [0.5, 0.6) is 0 Å². The van der Waals surface area contributed by atoms with Crippen LogP contribution in [0.1, 0.15) is 10.4 Å². The highest BCUT2D eigenvalue weighted by molar-refractivity contribution is 9.10. The number of rotatable bonds is 7. The molecule has 0 unspecified atom stereocenters. The fourth-order valence-electron chi connectivity index (χ4n) is 1.38. The lowest BCUT2D eigenvalue weighted by atomic mass is 10.2. The maximum atomic E-state index is 11.8. The van der Waals surface area contributed by atoms with Gasteiger partial charge in [-0.15, -0.1) is 0 Å². The standard InChI is InChI=1S/C12H13BrF2N2O4/c13-7-1-2-8(11(18)19)9(5-7)17-12(20)16-3-4-21-6-10(14)15/h1-2,5,10H,3-4,6H2,(H,18,19)(H2,16,17,20). The van der Waals surface area contributed by atoms with E-state index in [-0.39, 0.29) is 24.4 Å². The fraction of sp³-hybridized carbons (Fsp3) is 0.333. The molecule has 2 amide bonds. The Balaban J connectivity index is 2.47. The lowest BCUT2D eigenvalue weighted by molar-refractivity contribution is 0.0194. The molecule has 0 saturated carbocycles. The Hall–Kier alpha value is -1.74. The number of aromatic carboxylic acids is 1. The summed E-state index contributed by atoms with van der Waals surface area (Å²) in [4.78, 5) is 22.6. The largest absolute Gasteiger partial charge is 0.478 e. The van der Waals surface area contributed by atoms with Crippen molar-refractivity contribution in [3.8, 4) is 0 Å². The van der Waals surface area contributed by atoms with Gasteiger partial charge in [0.1, 0.15) is 6.61 Å². The SMILES string of the molecule is O=C(NCCOCC(F)F)Nc1cc(Br)ccc1C(=O)O. The van der Waals surface area contributed by atoms with Crippen molar-refractivity contribution in [2.75, 3.05) is 25.1 Å². The van der Waals surface area contributed by atoms with E-state index in [1.165, 1.54) is 18.2 Å². The molecule has 0 bridgehead atoms. The minimum Gasteiger partial charge on any atom is -0.478 e. The molecule has 0 aliphatic rings. The summed E-state index contributed by atoms with van der Waals surface area (Å²) in [6.07, 6.45) is -2.56. The van der Waals surface area contributed by atoms with Crippen molar-refractivity contribution in [3.63, 3.8) is 0 Å². The van der Waals surface area contributed by atoms with Crippen LogP contribution in [0.2, 0.25) is 0 Å². The number of halogens is 3. The number of alkyl halides is 2. The van der Waals surface area contributed by atoms with E-state index in [4.69, 9.17) is 5.11 Å². The molecule has 0 spiro atoms.